The summed E-state index contributed by atoms with van der Waals surface area (Å²) in [6, 6.07) is 9.55. The van der Waals surface area contributed by atoms with Crippen molar-refractivity contribution in [2.75, 3.05) is 33.9 Å². The number of nitrogens with zero attached hydrogens (tertiary/aromatic N) is 2. The quantitative estimate of drug-likeness (QED) is 0.387. The highest BCUT2D eigenvalue weighted by Crippen LogP contribution is 2.27. The van der Waals surface area contributed by atoms with Crippen LogP contribution in [0.15, 0.2) is 34.7 Å². The van der Waals surface area contributed by atoms with Gasteiger partial charge in [0.05, 0.1) is 27.3 Å². The lowest BCUT2D eigenvalue weighted by Crippen LogP contribution is -2.43. The number of unbranched alkanes of at least 4 members (excludes halogenated alkanes) is 2. The fourth-order valence-electron chi connectivity index (χ4n) is 3.68. The van der Waals surface area contributed by atoms with E-state index < -0.39 is 0 Å². The molecule has 0 spiro atoms. The number of carbonyl (C=O) groups is 2. The van der Waals surface area contributed by atoms with Crippen molar-refractivity contribution in [1.82, 2.24) is 9.80 Å². The van der Waals surface area contributed by atoms with Crippen LogP contribution in [-0.4, -0.2) is 55.5 Å². The second-order valence-electron chi connectivity index (χ2n) is 8.14. The van der Waals surface area contributed by atoms with Gasteiger partial charge in [0.1, 0.15) is 11.5 Å². The first kappa shape index (κ1) is 26.3. The summed E-state index contributed by atoms with van der Waals surface area (Å²) in [5.74, 6) is 2.79. The van der Waals surface area contributed by atoms with Gasteiger partial charge in [-0.2, -0.15) is 0 Å². The molecule has 7 heteroatoms. The van der Waals surface area contributed by atoms with E-state index in [4.69, 9.17) is 13.9 Å². The molecule has 0 N–H and O–H groups in total. The minimum atomic E-state index is -0.0807. The Morgan fingerprint density at radius 1 is 0.909 bits per heavy atom. The molecule has 0 bridgehead atoms. The van der Waals surface area contributed by atoms with E-state index in [0.29, 0.717) is 44.0 Å². The highest BCUT2D eigenvalue weighted by Gasteiger charge is 2.21. The summed E-state index contributed by atoms with van der Waals surface area (Å²) < 4.78 is 16.4. The van der Waals surface area contributed by atoms with Gasteiger partial charge >= 0.3 is 0 Å². The second kappa shape index (κ2) is 13.6. The minimum Gasteiger partial charge on any atom is -0.493 e. The lowest BCUT2D eigenvalue weighted by atomic mass is 10.1. The van der Waals surface area contributed by atoms with E-state index in [2.05, 4.69) is 6.92 Å². The van der Waals surface area contributed by atoms with Gasteiger partial charge in [-0.1, -0.05) is 32.8 Å². The van der Waals surface area contributed by atoms with Crippen LogP contribution < -0.4 is 9.47 Å². The van der Waals surface area contributed by atoms with E-state index in [-0.39, 0.29) is 18.4 Å². The SMILES string of the molecule is CCCCCN(CC(=O)N(CCc1ccc(OC)c(OC)c1)Cc1ccc(C)o1)C(=O)CC. The van der Waals surface area contributed by atoms with Crippen molar-refractivity contribution < 1.29 is 23.5 Å². The molecule has 0 saturated heterocycles. The van der Waals surface area contributed by atoms with Crippen LogP contribution in [0.4, 0.5) is 0 Å². The molecule has 0 radical (unpaired) electrons. The van der Waals surface area contributed by atoms with Gasteiger partial charge in [-0.25, -0.2) is 0 Å². The van der Waals surface area contributed by atoms with Crippen LogP contribution in [0.3, 0.4) is 0 Å². The van der Waals surface area contributed by atoms with Gasteiger partial charge in [0.15, 0.2) is 11.5 Å². The zero-order chi connectivity index (χ0) is 24.2. The second-order valence-corrected chi connectivity index (χ2v) is 8.14. The number of aryl methyl sites for hydroxylation is 1. The Bertz CT molecular complexity index is 893. The Balaban J connectivity index is 2.14. The molecule has 1 aromatic carbocycles. The van der Waals surface area contributed by atoms with Crippen molar-refractivity contribution in [3.63, 3.8) is 0 Å². The molecule has 182 valence electrons. The number of ether oxygens (including phenoxy) is 2. The van der Waals surface area contributed by atoms with Crippen molar-refractivity contribution >= 4 is 11.8 Å². The van der Waals surface area contributed by atoms with E-state index in [1.54, 1.807) is 24.0 Å². The van der Waals surface area contributed by atoms with Gasteiger partial charge in [0.2, 0.25) is 11.8 Å². The Morgan fingerprint density at radius 2 is 1.67 bits per heavy atom. The highest BCUT2D eigenvalue weighted by atomic mass is 16.5. The number of methoxy groups -OCH3 is 2. The van der Waals surface area contributed by atoms with E-state index in [1.165, 1.54) is 0 Å². The van der Waals surface area contributed by atoms with Gasteiger partial charge in [-0.15, -0.1) is 0 Å². The molecule has 2 aromatic rings. The third-order valence-corrected chi connectivity index (χ3v) is 5.63. The van der Waals surface area contributed by atoms with Crippen LogP contribution in [0.2, 0.25) is 0 Å². The van der Waals surface area contributed by atoms with Crippen molar-refractivity contribution in [2.24, 2.45) is 0 Å². The lowest BCUT2D eigenvalue weighted by molar-refractivity contribution is -0.141. The first-order chi connectivity index (χ1) is 15.9. The van der Waals surface area contributed by atoms with E-state index in [1.807, 2.05) is 44.2 Å². The topological polar surface area (TPSA) is 72.2 Å². The third-order valence-electron chi connectivity index (χ3n) is 5.63. The van der Waals surface area contributed by atoms with Crippen LogP contribution in [0.5, 0.6) is 11.5 Å². The number of amides is 2. The molecule has 0 unspecified atom stereocenters. The standard InChI is InChI=1S/C26H38N2O5/c1-6-8-9-15-27(25(29)7-2)19-26(30)28(18-22-12-10-20(3)33-22)16-14-21-11-13-23(31-4)24(17-21)32-5/h10-13,17H,6-9,14-16,18-19H2,1-5H3. The fraction of sp³-hybridized carbons (Fsp3) is 0.538. The van der Waals surface area contributed by atoms with Crippen LogP contribution in [-0.2, 0) is 22.6 Å². The maximum absolute atomic E-state index is 13.3. The van der Waals surface area contributed by atoms with Crippen LogP contribution in [0.1, 0.15) is 56.6 Å². The van der Waals surface area contributed by atoms with Gasteiger partial charge in [0.25, 0.3) is 0 Å². The number of carbonyl (C=O) groups excluding carboxylic acids is 2. The summed E-state index contributed by atoms with van der Waals surface area (Å²) in [4.78, 5) is 29.2. The smallest absolute Gasteiger partial charge is 0.242 e. The van der Waals surface area contributed by atoms with E-state index >= 15 is 0 Å². The van der Waals surface area contributed by atoms with Gasteiger partial charge in [-0.05, 0) is 49.6 Å². The molecular weight excluding hydrogens is 420 g/mol. The van der Waals surface area contributed by atoms with Crippen molar-refractivity contribution in [3.8, 4) is 11.5 Å². The van der Waals surface area contributed by atoms with Gasteiger partial charge in [-0.3, -0.25) is 9.59 Å². The van der Waals surface area contributed by atoms with Crippen LogP contribution in [0.25, 0.3) is 0 Å². The van der Waals surface area contributed by atoms with Gasteiger partial charge < -0.3 is 23.7 Å². The third kappa shape index (κ3) is 8.15. The zero-order valence-electron chi connectivity index (χ0n) is 20.7. The summed E-state index contributed by atoms with van der Waals surface area (Å²) in [5, 5.41) is 0. The molecule has 7 nitrogen and oxygen atoms in total. The number of hydrogen-bond acceptors (Lipinski definition) is 5. The molecule has 2 rings (SSSR count). The lowest BCUT2D eigenvalue weighted by Gasteiger charge is -2.27. The molecule has 0 aliphatic carbocycles. The number of benzene rings is 1. The molecular formula is C26H38N2O5. The molecule has 2 amide bonds. The summed E-state index contributed by atoms with van der Waals surface area (Å²) in [5.41, 5.74) is 1.03. The summed E-state index contributed by atoms with van der Waals surface area (Å²) in [6.45, 7) is 7.39. The molecule has 0 fully saturated rings. The normalized spacial score (nSPS) is 10.7. The monoisotopic (exact) mass is 458 g/mol. The molecule has 1 heterocycles. The predicted octanol–water partition coefficient (Wildman–Crippen LogP) is 4.61. The molecule has 1 aromatic heterocycles. The Hall–Kier alpha value is -2.96. The first-order valence-corrected chi connectivity index (χ1v) is 11.7. The number of rotatable bonds is 14. The molecule has 33 heavy (non-hydrogen) atoms. The Labute approximate surface area is 197 Å². The minimum absolute atomic E-state index is 0.00753. The molecule has 0 saturated carbocycles. The largest absolute Gasteiger partial charge is 0.493 e. The highest BCUT2D eigenvalue weighted by molar-refractivity contribution is 5.84. The van der Waals surface area contributed by atoms with E-state index in [9.17, 15) is 9.59 Å². The summed E-state index contributed by atoms with van der Waals surface area (Å²) >= 11 is 0. The molecule has 0 atom stereocenters. The zero-order valence-corrected chi connectivity index (χ0v) is 20.7. The van der Waals surface area contributed by atoms with E-state index in [0.717, 1.165) is 36.3 Å². The number of hydrogen-bond donors (Lipinski definition) is 0. The van der Waals surface area contributed by atoms with Crippen molar-refractivity contribution in [1.29, 1.82) is 0 Å². The Morgan fingerprint density at radius 3 is 2.27 bits per heavy atom. The number of furan rings is 1. The van der Waals surface area contributed by atoms with Crippen LogP contribution >= 0.6 is 0 Å². The fourth-order valence-corrected chi connectivity index (χ4v) is 3.68. The average molecular weight is 459 g/mol. The summed E-state index contributed by atoms with van der Waals surface area (Å²) in [6.07, 6.45) is 4.04. The van der Waals surface area contributed by atoms with Crippen LogP contribution in [0, 0.1) is 6.92 Å². The van der Waals surface area contributed by atoms with Crippen molar-refractivity contribution in [2.45, 2.75) is 59.4 Å². The predicted molar refractivity (Wildman–Crippen MR) is 129 cm³/mol. The Kier molecular flexibility index (Phi) is 10.8. The molecule has 0 aliphatic heterocycles. The van der Waals surface area contributed by atoms with Gasteiger partial charge in [0, 0.05) is 19.5 Å². The maximum Gasteiger partial charge on any atom is 0.242 e. The first-order valence-electron chi connectivity index (χ1n) is 11.7. The summed E-state index contributed by atoms with van der Waals surface area (Å²) in [7, 11) is 3.21. The average Bonchev–Trinajstić information content (AvgIpc) is 3.24. The molecule has 0 aliphatic rings. The maximum atomic E-state index is 13.3. The van der Waals surface area contributed by atoms with Crippen molar-refractivity contribution in [3.05, 3.63) is 47.4 Å².